The monoisotopic (exact) mass is 433 g/mol. The van der Waals surface area contributed by atoms with E-state index in [1.165, 1.54) is 0 Å². The molecule has 2 amide bonds. The molecule has 0 unspecified atom stereocenters. The summed E-state index contributed by atoms with van der Waals surface area (Å²) in [5.41, 5.74) is 2.52. The van der Waals surface area contributed by atoms with Crippen LogP contribution in [0.25, 0.3) is 0 Å². The van der Waals surface area contributed by atoms with E-state index in [1.54, 1.807) is 51.4 Å². The predicted octanol–water partition coefficient (Wildman–Crippen LogP) is 4.33. The molecule has 1 rings (SSSR count). The Labute approximate surface area is 162 Å². The molecule has 7 nitrogen and oxygen atoms in total. The fraction of sp³-hybridized carbons (Fsp3) is 0.467. The average molecular weight is 434 g/mol. The molecular weight excluding hydrogens is 413 g/mol. The number of rotatable bonds is 4. The van der Waals surface area contributed by atoms with Gasteiger partial charge in [-0.15, -0.1) is 0 Å². The summed E-state index contributed by atoms with van der Waals surface area (Å²) in [6.07, 6.45) is -1.25. The van der Waals surface area contributed by atoms with Crippen LogP contribution in [-0.4, -0.2) is 41.4 Å². The summed E-state index contributed by atoms with van der Waals surface area (Å²) in [6, 6.07) is 3.61. The van der Waals surface area contributed by atoms with Crippen molar-refractivity contribution < 1.29 is 32.2 Å². The van der Waals surface area contributed by atoms with Gasteiger partial charge in [0.15, 0.2) is 0 Å². The van der Waals surface area contributed by atoms with Gasteiger partial charge in [-0.2, -0.15) is 9.98 Å². The number of carbonyl (C=O) groups excluding carboxylic acids is 2. The van der Waals surface area contributed by atoms with E-state index in [1.807, 2.05) is 0 Å². The van der Waals surface area contributed by atoms with Gasteiger partial charge in [0.1, 0.15) is 0 Å². The van der Waals surface area contributed by atoms with Gasteiger partial charge in [-0.1, -0.05) is 0 Å². The first-order valence-corrected chi connectivity index (χ1v) is 10.3. The summed E-state index contributed by atoms with van der Waals surface area (Å²) in [6.45, 7) is 7.43. The second-order valence-electron chi connectivity index (χ2n) is 4.51. The first-order valence-electron chi connectivity index (χ1n) is 7.27. The summed E-state index contributed by atoms with van der Waals surface area (Å²) >= 11 is 0.194. The molecule has 0 spiro atoms. The Hall–Kier alpha value is -1.34. The molecule has 0 N–H and O–H groups in total. The standard InChI is InChI=1S/C15H21N3O4.2ClH.Fe/c1-6-21-14(19)16-10(3)12-8-9-13(18(12)5)11(4)17-15(20)22-7-2;;;/h8-9H,6-7H2,1-5H3;2*1H;/q;;;+2/p-2/b16-10+,17-11+;;;. The number of hydrogen-bond donors (Lipinski definition) is 0. The number of hydrogen-bond acceptors (Lipinski definition) is 4. The van der Waals surface area contributed by atoms with Crippen molar-refractivity contribution in [3.05, 3.63) is 23.5 Å². The van der Waals surface area contributed by atoms with Gasteiger partial charge in [0.05, 0.1) is 36.0 Å². The van der Waals surface area contributed by atoms with Crippen molar-refractivity contribution in [2.45, 2.75) is 27.7 Å². The van der Waals surface area contributed by atoms with Crippen LogP contribution in [0.4, 0.5) is 9.59 Å². The first-order chi connectivity index (χ1) is 11.8. The molecule has 0 aromatic carbocycles. The fourth-order valence-corrected chi connectivity index (χ4v) is 1.94. The van der Waals surface area contributed by atoms with Gasteiger partial charge < -0.3 is 14.0 Å². The molecule has 0 atom stereocenters. The molecule has 0 saturated heterocycles. The molecule has 0 radical (unpaired) electrons. The zero-order chi connectivity index (χ0) is 19.4. The predicted molar refractivity (Wildman–Crippen MR) is 95.6 cm³/mol. The molecule has 142 valence electrons. The summed E-state index contributed by atoms with van der Waals surface area (Å²) < 4.78 is 11.4. The van der Waals surface area contributed by atoms with Gasteiger partial charge in [-0.05, 0) is 39.8 Å². The van der Waals surface area contributed by atoms with Crippen LogP contribution in [-0.2, 0) is 29.7 Å². The van der Waals surface area contributed by atoms with Crippen molar-refractivity contribution in [3.8, 4) is 0 Å². The average Bonchev–Trinajstić information content (AvgIpc) is 2.90. The van der Waals surface area contributed by atoms with E-state index >= 15 is 0 Å². The number of carbonyl (C=O) groups is 2. The topological polar surface area (TPSA) is 82.2 Å². The van der Waals surface area contributed by atoms with E-state index < -0.39 is 12.2 Å². The molecule has 0 saturated carbocycles. The Bertz CT molecular complexity index is 593. The number of nitrogens with zero attached hydrogens (tertiary/aromatic N) is 3. The third-order valence-electron chi connectivity index (χ3n) is 2.92. The van der Waals surface area contributed by atoms with Crippen LogP contribution in [0.1, 0.15) is 39.1 Å². The second-order valence-corrected chi connectivity index (χ2v) is 6.33. The molecule has 0 aliphatic rings. The van der Waals surface area contributed by atoms with Crippen LogP contribution in [0, 0.1) is 0 Å². The van der Waals surface area contributed by atoms with Crippen molar-refractivity contribution in [3.63, 3.8) is 0 Å². The Morgan fingerprint density at radius 1 is 1.00 bits per heavy atom. The van der Waals surface area contributed by atoms with Crippen molar-refractivity contribution in [2.75, 3.05) is 13.2 Å². The summed E-state index contributed by atoms with van der Waals surface area (Å²) in [7, 11) is 11.3. The number of amides is 2. The van der Waals surface area contributed by atoms with E-state index in [0.29, 0.717) is 11.4 Å². The minimum absolute atomic E-state index is 0.194. The molecule has 10 heteroatoms. The molecule has 25 heavy (non-hydrogen) atoms. The van der Waals surface area contributed by atoms with E-state index in [9.17, 15) is 9.59 Å². The van der Waals surface area contributed by atoms with Crippen molar-refractivity contribution in [2.24, 2.45) is 17.0 Å². The molecular formula is C15H21Cl2FeN3O4. The van der Waals surface area contributed by atoms with Crippen molar-refractivity contribution >= 4 is 43.8 Å². The quantitative estimate of drug-likeness (QED) is 0.522. The number of aliphatic imine (C=N–C) groups is 2. The second kappa shape index (κ2) is 12.9. The van der Waals surface area contributed by atoms with Crippen molar-refractivity contribution in [1.29, 1.82) is 0 Å². The Kier molecular flexibility index (Phi) is 12.2. The fourth-order valence-electron chi connectivity index (χ4n) is 1.94. The van der Waals surface area contributed by atoms with E-state index in [2.05, 4.69) is 9.98 Å². The molecule has 1 aromatic heterocycles. The first kappa shape index (κ1) is 23.7. The Morgan fingerprint density at radius 3 is 1.60 bits per heavy atom. The normalized spacial score (nSPS) is 11.6. The van der Waals surface area contributed by atoms with Gasteiger partial charge in [0.25, 0.3) is 0 Å². The van der Waals surface area contributed by atoms with Crippen LogP contribution >= 0.6 is 20.2 Å². The van der Waals surface area contributed by atoms with Crippen LogP contribution in [0.5, 0.6) is 0 Å². The summed E-state index contributed by atoms with van der Waals surface area (Å²) in [5.74, 6) is 0. The van der Waals surface area contributed by atoms with Gasteiger partial charge in [0.2, 0.25) is 0 Å². The van der Waals surface area contributed by atoms with Gasteiger partial charge in [-0.3, -0.25) is 0 Å². The van der Waals surface area contributed by atoms with E-state index in [-0.39, 0.29) is 26.3 Å². The Balaban J connectivity index is 0.00000178. The molecule has 1 aromatic rings. The molecule has 0 aliphatic carbocycles. The maximum atomic E-state index is 11.4. The zero-order valence-corrected chi connectivity index (χ0v) is 17.3. The number of ether oxygens (including phenoxy) is 2. The molecule has 0 fully saturated rings. The maximum absolute atomic E-state index is 11.4. The van der Waals surface area contributed by atoms with E-state index in [4.69, 9.17) is 29.7 Å². The van der Waals surface area contributed by atoms with Crippen LogP contribution < -0.4 is 0 Å². The zero-order valence-electron chi connectivity index (χ0n) is 14.7. The Morgan fingerprint density at radius 2 is 1.32 bits per heavy atom. The van der Waals surface area contributed by atoms with Crippen LogP contribution in [0.3, 0.4) is 0 Å². The molecule has 1 heterocycles. The van der Waals surface area contributed by atoms with Crippen molar-refractivity contribution in [1.82, 2.24) is 4.57 Å². The molecule has 0 aliphatic heterocycles. The van der Waals surface area contributed by atoms with E-state index in [0.717, 1.165) is 11.4 Å². The van der Waals surface area contributed by atoms with Gasteiger partial charge in [0, 0.05) is 7.05 Å². The number of aromatic nitrogens is 1. The number of halogens is 2. The SMILES string of the molecule is CCOC(=O)/N=C(\C)c1ccc(/C(C)=N/C(=O)OCC)n1C.[Cl][Fe][Cl]. The third kappa shape index (κ3) is 8.54. The minimum atomic E-state index is -0.625. The molecule has 0 bridgehead atoms. The summed E-state index contributed by atoms with van der Waals surface area (Å²) in [5, 5.41) is 0. The van der Waals surface area contributed by atoms with Crippen LogP contribution in [0.2, 0.25) is 0 Å². The third-order valence-corrected chi connectivity index (χ3v) is 2.92. The summed E-state index contributed by atoms with van der Waals surface area (Å²) in [4.78, 5) is 30.5. The van der Waals surface area contributed by atoms with Gasteiger partial charge >= 0.3 is 45.5 Å². The van der Waals surface area contributed by atoms with Gasteiger partial charge in [-0.25, -0.2) is 9.59 Å². The van der Waals surface area contributed by atoms with Crippen LogP contribution in [0.15, 0.2) is 22.1 Å².